The average Bonchev–Trinajstić information content (AvgIpc) is 2.83. The van der Waals surface area contributed by atoms with Gasteiger partial charge in [-0.15, -0.1) is 0 Å². The van der Waals surface area contributed by atoms with Crippen LogP contribution >= 0.6 is 0 Å². The van der Waals surface area contributed by atoms with Gasteiger partial charge in [0.1, 0.15) is 11.6 Å². The molecule has 0 saturated heterocycles. The highest BCUT2D eigenvalue weighted by atomic mass is 28.3. The third kappa shape index (κ3) is 4.55. The second kappa shape index (κ2) is 7.14. The number of hydrogen-bond acceptors (Lipinski definition) is 4. The largest absolute Gasteiger partial charge is 0.496 e. The van der Waals surface area contributed by atoms with Gasteiger partial charge < -0.3 is 15.2 Å². The Labute approximate surface area is 137 Å². The van der Waals surface area contributed by atoms with Gasteiger partial charge in [-0.05, 0) is 18.2 Å². The number of halogens is 1. The number of hydrogen-bond donors (Lipinski definition) is 1. The summed E-state index contributed by atoms with van der Waals surface area (Å²) in [5, 5.41) is 4.28. The third-order valence-electron chi connectivity index (χ3n) is 3.27. The number of nitrogens with two attached hydrogens (primary N) is 1. The van der Waals surface area contributed by atoms with Gasteiger partial charge in [0, 0.05) is 11.8 Å². The molecule has 2 rings (SSSR count). The van der Waals surface area contributed by atoms with Crippen molar-refractivity contribution in [2.45, 2.75) is 26.2 Å². The van der Waals surface area contributed by atoms with Gasteiger partial charge >= 0.3 is 0 Å². The van der Waals surface area contributed by atoms with E-state index in [1.54, 1.807) is 24.1 Å². The minimum Gasteiger partial charge on any atom is -0.496 e. The molecule has 5 nitrogen and oxygen atoms in total. The Hall–Kier alpha value is -1.86. The first-order valence-corrected chi connectivity index (χ1v) is 11.3. The molecule has 0 aliphatic rings. The molecule has 0 unspecified atom stereocenters. The lowest BCUT2D eigenvalue weighted by atomic mass is 10.1. The molecule has 0 radical (unpaired) electrons. The molecule has 23 heavy (non-hydrogen) atoms. The zero-order valence-corrected chi connectivity index (χ0v) is 15.1. The molecule has 2 N–H and O–H groups in total. The van der Waals surface area contributed by atoms with Crippen LogP contribution in [0, 0.1) is 5.82 Å². The van der Waals surface area contributed by atoms with E-state index in [4.69, 9.17) is 15.2 Å². The number of rotatable bonds is 7. The van der Waals surface area contributed by atoms with Crippen LogP contribution in [0.3, 0.4) is 0 Å². The van der Waals surface area contributed by atoms with Gasteiger partial charge in [0.05, 0.1) is 45.9 Å². The zero-order valence-electron chi connectivity index (χ0n) is 14.1. The first kappa shape index (κ1) is 17.5. The van der Waals surface area contributed by atoms with Gasteiger partial charge in [-0.25, -0.2) is 4.39 Å². The Bertz CT molecular complexity index is 668. The van der Waals surface area contributed by atoms with Crippen LogP contribution in [-0.4, -0.2) is 37.8 Å². The van der Waals surface area contributed by atoms with E-state index in [2.05, 4.69) is 24.7 Å². The van der Waals surface area contributed by atoms with Crippen molar-refractivity contribution in [1.29, 1.82) is 0 Å². The van der Waals surface area contributed by atoms with Crippen molar-refractivity contribution >= 4 is 13.8 Å². The molecule has 0 aliphatic heterocycles. The van der Waals surface area contributed by atoms with Gasteiger partial charge in [-0.1, -0.05) is 19.6 Å². The monoisotopic (exact) mass is 337 g/mol. The summed E-state index contributed by atoms with van der Waals surface area (Å²) in [5.41, 5.74) is 7.75. The smallest absolute Gasteiger partial charge is 0.128 e. The number of aromatic nitrogens is 2. The summed E-state index contributed by atoms with van der Waals surface area (Å²) in [5.74, 6) is 0.214. The van der Waals surface area contributed by atoms with Crippen molar-refractivity contribution < 1.29 is 13.9 Å². The highest BCUT2D eigenvalue weighted by Crippen LogP contribution is 2.34. The molecule has 0 amide bonds. The SMILES string of the molecule is COc1ccc(F)cc1-c1c(N)cnn1CCOC[Si](C)(C)C. The normalized spacial score (nSPS) is 11.7. The first-order valence-electron chi connectivity index (χ1n) is 7.55. The van der Waals surface area contributed by atoms with Crippen LogP contribution < -0.4 is 10.5 Å². The molecule has 126 valence electrons. The quantitative estimate of drug-likeness (QED) is 0.623. The maximum Gasteiger partial charge on any atom is 0.128 e. The van der Waals surface area contributed by atoms with E-state index >= 15 is 0 Å². The first-order chi connectivity index (χ1) is 10.8. The minimum absolute atomic E-state index is 0.345. The zero-order chi connectivity index (χ0) is 17.0. The number of benzene rings is 1. The van der Waals surface area contributed by atoms with Crippen molar-refractivity contribution in [3.05, 3.63) is 30.2 Å². The van der Waals surface area contributed by atoms with E-state index in [1.165, 1.54) is 12.1 Å². The van der Waals surface area contributed by atoms with Gasteiger partial charge in [-0.3, -0.25) is 4.68 Å². The Morgan fingerprint density at radius 1 is 1.30 bits per heavy atom. The molecule has 1 aromatic carbocycles. The summed E-state index contributed by atoms with van der Waals surface area (Å²) in [7, 11) is 0.310. The lowest BCUT2D eigenvalue weighted by Gasteiger charge is -2.16. The van der Waals surface area contributed by atoms with Crippen LogP contribution in [0.2, 0.25) is 19.6 Å². The predicted octanol–water partition coefficient (Wildman–Crippen LogP) is 3.17. The Morgan fingerprint density at radius 2 is 2.04 bits per heavy atom. The molecule has 0 bridgehead atoms. The van der Waals surface area contributed by atoms with Crippen molar-refractivity contribution in [2.75, 3.05) is 25.7 Å². The van der Waals surface area contributed by atoms with Crippen LogP contribution in [0.1, 0.15) is 0 Å². The maximum atomic E-state index is 13.6. The predicted molar refractivity (Wildman–Crippen MR) is 92.8 cm³/mol. The summed E-state index contributed by atoms with van der Waals surface area (Å²) in [6.45, 7) is 7.85. The van der Waals surface area contributed by atoms with E-state index < -0.39 is 8.07 Å². The molecule has 1 aromatic heterocycles. The van der Waals surface area contributed by atoms with E-state index in [-0.39, 0.29) is 5.82 Å². The fourth-order valence-electron chi connectivity index (χ4n) is 2.26. The number of nitrogen functional groups attached to an aromatic ring is 1. The molecule has 0 atom stereocenters. The summed E-state index contributed by atoms with van der Waals surface area (Å²) >= 11 is 0. The summed E-state index contributed by atoms with van der Waals surface area (Å²) in [4.78, 5) is 0. The average molecular weight is 337 g/mol. The van der Waals surface area contributed by atoms with Crippen molar-refractivity contribution in [3.8, 4) is 17.0 Å². The molecular weight excluding hydrogens is 313 g/mol. The topological polar surface area (TPSA) is 62.3 Å². The van der Waals surface area contributed by atoms with Crippen molar-refractivity contribution in [1.82, 2.24) is 9.78 Å². The van der Waals surface area contributed by atoms with Crippen LogP contribution in [0.15, 0.2) is 24.4 Å². The lowest BCUT2D eigenvalue weighted by Crippen LogP contribution is -2.29. The van der Waals surface area contributed by atoms with Crippen LogP contribution in [0.5, 0.6) is 5.75 Å². The van der Waals surface area contributed by atoms with E-state index in [0.717, 1.165) is 6.23 Å². The van der Waals surface area contributed by atoms with E-state index in [1.807, 2.05) is 0 Å². The molecule has 2 aromatic rings. The molecule has 0 fully saturated rings. The highest BCUT2D eigenvalue weighted by molar-refractivity contribution is 6.76. The number of anilines is 1. The van der Waals surface area contributed by atoms with Crippen molar-refractivity contribution in [3.63, 3.8) is 0 Å². The standard InChI is InChI=1S/C16H24FN3O2Si/c1-21-15-6-5-12(17)9-13(15)16-14(18)10-19-20(16)7-8-22-11-23(2,3)4/h5-6,9-10H,7-8,11,18H2,1-4H3. The molecule has 0 saturated carbocycles. The second-order valence-electron chi connectivity index (χ2n) is 6.63. The second-order valence-corrected chi connectivity index (χ2v) is 12.0. The van der Waals surface area contributed by atoms with Crippen LogP contribution in [0.25, 0.3) is 11.3 Å². The highest BCUT2D eigenvalue weighted by Gasteiger charge is 2.17. The fraction of sp³-hybridized carbons (Fsp3) is 0.438. The number of nitrogens with zero attached hydrogens (tertiary/aromatic N) is 2. The van der Waals surface area contributed by atoms with Gasteiger partial charge in [0.2, 0.25) is 0 Å². The Morgan fingerprint density at radius 3 is 2.70 bits per heavy atom. The summed E-state index contributed by atoms with van der Waals surface area (Å²) in [6, 6.07) is 4.35. The summed E-state index contributed by atoms with van der Waals surface area (Å²) in [6.07, 6.45) is 2.36. The third-order valence-corrected chi connectivity index (χ3v) is 4.34. The minimum atomic E-state index is -1.24. The molecular formula is C16H24FN3O2Si. The number of ether oxygens (including phenoxy) is 2. The lowest BCUT2D eigenvalue weighted by molar-refractivity contribution is 0.160. The molecule has 7 heteroatoms. The van der Waals surface area contributed by atoms with E-state index in [0.29, 0.717) is 35.8 Å². The maximum absolute atomic E-state index is 13.6. The molecule has 0 spiro atoms. The van der Waals surface area contributed by atoms with Gasteiger partial charge in [-0.2, -0.15) is 5.10 Å². The Balaban J connectivity index is 2.21. The van der Waals surface area contributed by atoms with Crippen LogP contribution in [-0.2, 0) is 11.3 Å². The fourth-order valence-corrected chi connectivity index (χ4v) is 3.02. The molecule has 0 aliphatic carbocycles. The van der Waals surface area contributed by atoms with E-state index in [9.17, 15) is 4.39 Å². The Kier molecular flexibility index (Phi) is 5.43. The van der Waals surface area contributed by atoms with Crippen molar-refractivity contribution in [2.24, 2.45) is 0 Å². The number of methoxy groups -OCH3 is 1. The van der Waals surface area contributed by atoms with Gasteiger partial charge in [0.15, 0.2) is 0 Å². The van der Waals surface area contributed by atoms with Crippen LogP contribution in [0.4, 0.5) is 10.1 Å². The van der Waals surface area contributed by atoms with Gasteiger partial charge in [0.25, 0.3) is 0 Å². The molecule has 1 heterocycles. The summed E-state index contributed by atoms with van der Waals surface area (Å²) < 4.78 is 26.4.